The number of nitrogens with zero attached hydrogens (tertiary/aromatic N) is 2. The van der Waals surface area contributed by atoms with E-state index in [4.69, 9.17) is 9.47 Å². The highest BCUT2D eigenvalue weighted by Crippen LogP contribution is 2.39. The maximum absolute atomic E-state index is 5.60. The van der Waals surface area contributed by atoms with Crippen molar-refractivity contribution in [2.45, 2.75) is 6.42 Å². The van der Waals surface area contributed by atoms with Crippen LogP contribution in [0.5, 0.6) is 11.5 Å². The minimum atomic E-state index is 0.705. The van der Waals surface area contributed by atoms with E-state index in [1.165, 1.54) is 0 Å². The van der Waals surface area contributed by atoms with Crippen LogP contribution >= 0.6 is 0 Å². The molecule has 0 unspecified atom stereocenters. The molecule has 2 aromatic heterocycles. The Morgan fingerprint density at radius 1 is 1.35 bits per heavy atom. The average molecular weight is 267 g/mol. The summed E-state index contributed by atoms with van der Waals surface area (Å²) >= 11 is 0. The zero-order valence-corrected chi connectivity index (χ0v) is 11.0. The first-order chi connectivity index (χ1) is 9.85. The van der Waals surface area contributed by atoms with Gasteiger partial charge in [-0.15, -0.1) is 0 Å². The van der Waals surface area contributed by atoms with Crippen LogP contribution < -0.4 is 9.47 Å². The maximum Gasteiger partial charge on any atom is 0.178 e. The summed E-state index contributed by atoms with van der Waals surface area (Å²) < 4.78 is 11.0. The van der Waals surface area contributed by atoms with Gasteiger partial charge in [0.05, 0.1) is 19.2 Å². The van der Waals surface area contributed by atoms with E-state index in [1.807, 2.05) is 18.2 Å². The number of H-pyrrole nitrogens is 1. The third-order valence-corrected chi connectivity index (χ3v) is 3.50. The summed E-state index contributed by atoms with van der Waals surface area (Å²) in [5, 5.41) is 0. The highest BCUT2D eigenvalue weighted by Gasteiger charge is 2.20. The van der Waals surface area contributed by atoms with E-state index in [1.54, 1.807) is 13.3 Å². The van der Waals surface area contributed by atoms with E-state index >= 15 is 0 Å². The van der Waals surface area contributed by atoms with E-state index in [0.29, 0.717) is 6.61 Å². The molecule has 4 rings (SSSR count). The molecule has 0 radical (unpaired) electrons. The first kappa shape index (κ1) is 11.3. The largest absolute Gasteiger partial charge is 0.493 e. The fourth-order valence-electron chi connectivity index (χ4n) is 2.54. The highest BCUT2D eigenvalue weighted by molar-refractivity contribution is 5.76. The molecule has 0 spiro atoms. The lowest BCUT2D eigenvalue weighted by Gasteiger charge is -2.08. The maximum atomic E-state index is 5.60. The van der Waals surface area contributed by atoms with E-state index in [0.717, 1.165) is 46.0 Å². The Morgan fingerprint density at radius 2 is 2.30 bits per heavy atom. The van der Waals surface area contributed by atoms with Crippen molar-refractivity contribution < 1.29 is 9.47 Å². The minimum Gasteiger partial charge on any atom is -0.493 e. The van der Waals surface area contributed by atoms with Crippen LogP contribution in [-0.4, -0.2) is 28.7 Å². The summed E-state index contributed by atoms with van der Waals surface area (Å²) in [5.41, 5.74) is 3.80. The van der Waals surface area contributed by atoms with Gasteiger partial charge in [0.1, 0.15) is 5.82 Å². The number of ether oxygens (including phenoxy) is 2. The van der Waals surface area contributed by atoms with Crippen LogP contribution in [0.3, 0.4) is 0 Å². The van der Waals surface area contributed by atoms with Crippen molar-refractivity contribution in [3.05, 3.63) is 36.0 Å². The number of hydrogen-bond acceptors (Lipinski definition) is 4. The van der Waals surface area contributed by atoms with Gasteiger partial charge < -0.3 is 14.5 Å². The van der Waals surface area contributed by atoms with Crippen LogP contribution in [0.1, 0.15) is 5.56 Å². The molecule has 3 heterocycles. The third-order valence-electron chi connectivity index (χ3n) is 3.50. The molecule has 5 nitrogen and oxygen atoms in total. The molecule has 0 fully saturated rings. The van der Waals surface area contributed by atoms with Gasteiger partial charge in [0, 0.05) is 23.7 Å². The van der Waals surface area contributed by atoms with E-state index in [2.05, 4.69) is 21.0 Å². The molecule has 0 bridgehead atoms. The van der Waals surface area contributed by atoms with Gasteiger partial charge >= 0.3 is 0 Å². The summed E-state index contributed by atoms with van der Waals surface area (Å²) in [6, 6.07) is 7.90. The topological polar surface area (TPSA) is 60.0 Å². The smallest absolute Gasteiger partial charge is 0.178 e. The molecule has 0 aliphatic carbocycles. The Labute approximate surface area is 115 Å². The van der Waals surface area contributed by atoms with Crippen LogP contribution in [0.2, 0.25) is 0 Å². The Bertz CT molecular complexity index is 762. The van der Waals surface area contributed by atoms with Crippen molar-refractivity contribution in [2.24, 2.45) is 0 Å². The van der Waals surface area contributed by atoms with Crippen molar-refractivity contribution in [3.63, 3.8) is 0 Å². The van der Waals surface area contributed by atoms with Gasteiger partial charge in [-0.1, -0.05) is 0 Å². The third kappa shape index (κ3) is 1.63. The molecule has 1 aliphatic rings. The number of nitrogens with one attached hydrogen (secondary N) is 1. The second kappa shape index (κ2) is 4.23. The summed E-state index contributed by atoms with van der Waals surface area (Å²) in [5.74, 6) is 2.40. The Morgan fingerprint density at radius 3 is 3.15 bits per heavy atom. The van der Waals surface area contributed by atoms with Crippen LogP contribution in [-0.2, 0) is 6.42 Å². The van der Waals surface area contributed by atoms with Crippen LogP contribution in [0.15, 0.2) is 30.5 Å². The molecule has 100 valence electrons. The van der Waals surface area contributed by atoms with Crippen LogP contribution in [0.4, 0.5) is 0 Å². The number of pyridine rings is 1. The van der Waals surface area contributed by atoms with Gasteiger partial charge in [-0.05, 0) is 24.3 Å². The van der Waals surface area contributed by atoms with Crippen molar-refractivity contribution >= 4 is 11.2 Å². The molecule has 0 saturated heterocycles. The van der Waals surface area contributed by atoms with Gasteiger partial charge in [-0.2, -0.15) is 0 Å². The quantitative estimate of drug-likeness (QED) is 0.775. The molecule has 1 N–H and O–H groups in total. The lowest BCUT2D eigenvalue weighted by molar-refractivity contribution is 0.326. The van der Waals surface area contributed by atoms with Crippen molar-refractivity contribution in [3.8, 4) is 22.9 Å². The van der Waals surface area contributed by atoms with Gasteiger partial charge in [0.25, 0.3) is 0 Å². The summed E-state index contributed by atoms with van der Waals surface area (Å²) in [6.07, 6.45) is 2.64. The summed E-state index contributed by atoms with van der Waals surface area (Å²) in [6.45, 7) is 0.705. The number of hydrogen-bond donors (Lipinski definition) is 1. The minimum absolute atomic E-state index is 0.705. The Balaban J connectivity index is 1.89. The molecular formula is C15H13N3O2. The second-order valence-electron chi connectivity index (χ2n) is 4.73. The molecule has 1 aromatic carbocycles. The zero-order chi connectivity index (χ0) is 13.5. The molecule has 5 heteroatoms. The normalized spacial score (nSPS) is 13.2. The molecule has 0 amide bonds. The molecule has 1 aliphatic heterocycles. The number of fused-ring (bicyclic) bond motifs is 2. The molecule has 20 heavy (non-hydrogen) atoms. The first-order valence-corrected chi connectivity index (χ1v) is 6.50. The standard InChI is InChI=1S/C15H13N3O2/c1-19-12-8-10(7-9-4-6-20-13(9)12)14-17-11-3-2-5-16-15(11)18-14/h2-3,5,7-8H,4,6H2,1H3,(H,16,17,18). The summed E-state index contributed by atoms with van der Waals surface area (Å²) in [4.78, 5) is 12.0. The Hall–Kier alpha value is -2.56. The fourth-order valence-corrected chi connectivity index (χ4v) is 2.54. The lowest BCUT2D eigenvalue weighted by Crippen LogP contribution is -1.91. The first-order valence-electron chi connectivity index (χ1n) is 6.50. The number of benzene rings is 1. The van der Waals surface area contributed by atoms with Gasteiger partial charge in [0.15, 0.2) is 17.1 Å². The van der Waals surface area contributed by atoms with Gasteiger partial charge in [-0.25, -0.2) is 9.97 Å². The van der Waals surface area contributed by atoms with E-state index < -0.39 is 0 Å². The number of methoxy groups -OCH3 is 1. The number of aromatic nitrogens is 3. The van der Waals surface area contributed by atoms with Crippen LogP contribution in [0, 0.1) is 0 Å². The predicted octanol–water partition coefficient (Wildman–Crippen LogP) is 2.57. The van der Waals surface area contributed by atoms with Crippen molar-refractivity contribution in [1.29, 1.82) is 0 Å². The van der Waals surface area contributed by atoms with Gasteiger partial charge in [0.2, 0.25) is 0 Å². The van der Waals surface area contributed by atoms with Crippen molar-refractivity contribution in [2.75, 3.05) is 13.7 Å². The zero-order valence-electron chi connectivity index (χ0n) is 11.0. The predicted molar refractivity (Wildman–Crippen MR) is 75.1 cm³/mol. The fraction of sp³-hybridized carbons (Fsp3) is 0.200. The highest BCUT2D eigenvalue weighted by atomic mass is 16.5. The Kier molecular flexibility index (Phi) is 2.39. The van der Waals surface area contributed by atoms with E-state index in [-0.39, 0.29) is 0 Å². The van der Waals surface area contributed by atoms with Crippen LogP contribution in [0.25, 0.3) is 22.6 Å². The number of rotatable bonds is 2. The lowest BCUT2D eigenvalue weighted by atomic mass is 10.1. The molecule has 0 atom stereocenters. The molecule has 0 saturated carbocycles. The van der Waals surface area contributed by atoms with E-state index in [9.17, 15) is 0 Å². The average Bonchev–Trinajstić information content (AvgIpc) is 3.12. The SMILES string of the molecule is COc1cc(-c2nc3ncccc3[nH]2)cc2c1OCC2. The monoisotopic (exact) mass is 267 g/mol. The molecular weight excluding hydrogens is 254 g/mol. The molecule has 3 aromatic rings. The number of imidazole rings is 1. The van der Waals surface area contributed by atoms with Gasteiger partial charge in [-0.3, -0.25) is 0 Å². The summed E-state index contributed by atoms with van der Waals surface area (Å²) in [7, 11) is 1.65. The number of aromatic amines is 1. The van der Waals surface area contributed by atoms with Crippen molar-refractivity contribution in [1.82, 2.24) is 15.0 Å². The second-order valence-corrected chi connectivity index (χ2v) is 4.73.